The molecule has 1 N–H and O–H groups in total. The number of hydrogen-bond acceptors (Lipinski definition) is 3. The number of piperidine rings is 1. The van der Waals surface area contributed by atoms with Crippen LogP contribution in [0.25, 0.3) is 0 Å². The molecule has 1 heterocycles. The third kappa shape index (κ3) is 5.88. The molecule has 0 spiro atoms. The molecule has 2 aliphatic rings. The summed E-state index contributed by atoms with van der Waals surface area (Å²) in [4.78, 5) is 16.9. The van der Waals surface area contributed by atoms with Crippen LogP contribution >= 0.6 is 0 Å². The zero-order valence-corrected chi connectivity index (χ0v) is 18.6. The molecule has 5 nitrogen and oxygen atoms in total. The Bertz CT molecular complexity index is 656. The third-order valence-electron chi connectivity index (χ3n) is 6.56. The molecule has 1 aromatic rings. The minimum Gasteiger partial charge on any atom is -0.497 e. The van der Waals surface area contributed by atoms with Crippen LogP contribution in [0.1, 0.15) is 57.1 Å². The molecule has 1 aliphatic heterocycles. The maximum atomic E-state index is 12.2. The van der Waals surface area contributed by atoms with Gasteiger partial charge in [0.15, 0.2) is 0 Å². The van der Waals surface area contributed by atoms with Crippen LogP contribution in [0.5, 0.6) is 5.75 Å². The number of rotatable bonds is 8. The predicted molar refractivity (Wildman–Crippen MR) is 119 cm³/mol. The average molecular weight is 402 g/mol. The van der Waals surface area contributed by atoms with Crippen molar-refractivity contribution in [2.24, 2.45) is 5.92 Å². The van der Waals surface area contributed by atoms with Gasteiger partial charge in [0.2, 0.25) is 0 Å². The molecule has 3 rings (SSSR count). The number of fused-ring (bicyclic) bond motifs is 1. The van der Waals surface area contributed by atoms with Gasteiger partial charge in [-0.2, -0.15) is 0 Å². The first-order chi connectivity index (χ1) is 14.1. The standard InChI is InChI=1S/C24H39N3O2/c1-4-12-25-24(28)26-14-10-19(11-15-26)18-27(13-5-2)22-8-6-20-7-9-23(29-3)17-21(20)16-22/h7,9,17,19,22H,4-6,8,10-16,18H2,1-3H3,(H,25,28). The molecule has 162 valence electrons. The molecule has 0 bridgehead atoms. The number of hydrogen-bond donors (Lipinski definition) is 1. The van der Waals surface area contributed by atoms with E-state index in [4.69, 9.17) is 4.74 Å². The number of carbonyl (C=O) groups excluding carboxylic acids is 1. The zero-order chi connectivity index (χ0) is 20.6. The largest absolute Gasteiger partial charge is 0.497 e. The summed E-state index contributed by atoms with van der Waals surface area (Å²) >= 11 is 0. The normalized spacial score (nSPS) is 19.9. The van der Waals surface area contributed by atoms with Gasteiger partial charge in [-0.1, -0.05) is 19.9 Å². The molecule has 1 atom stereocenters. The smallest absolute Gasteiger partial charge is 0.317 e. The summed E-state index contributed by atoms with van der Waals surface area (Å²) in [7, 11) is 1.75. The van der Waals surface area contributed by atoms with Gasteiger partial charge in [-0.3, -0.25) is 4.90 Å². The molecule has 0 aromatic heterocycles. The summed E-state index contributed by atoms with van der Waals surface area (Å²) in [6.45, 7) is 9.28. The molecule has 1 saturated heterocycles. The van der Waals surface area contributed by atoms with E-state index in [1.807, 2.05) is 4.90 Å². The Morgan fingerprint density at radius 1 is 1.17 bits per heavy atom. The first-order valence-electron chi connectivity index (χ1n) is 11.6. The van der Waals surface area contributed by atoms with Gasteiger partial charge in [0.25, 0.3) is 0 Å². The molecule has 0 radical (unpaired) electrons. The quantitative estimate of drug-likeness (QED) is 0.713. The van der Waals surface area contributed by atoms with E-state index in [-0.39, 0.29) is 6.03 Å². The monoisotopic (exact) mass is 401 g/mol. The number of likely N-dealkylation sites (tertiary alicyclic amines) is 1. The van der Waals surface area contributed by atoms with Crippen LogP contribution in [-0.4, -0.2) is 61.7 Å². The lowest BCUT2D eigenvalue weighted by molar-refractivity contribution is 0.116. The van der Waals surface area contributed by atoms with Crippen LogP contribution < -0.4 is 10.1 Å². The summed E-state index contributed by atoms with van der Waals surface area (Å²) in [6, 6.07) is 7.31. The number of methoxy groups -OCH3 is 1. The number of nitrogens with one attached hydrogen (secondary N) is 1. The number of urea groups is 1. The van der Waals surface area contributed by atoms with Gasteiger partial charge in [0.05, 0.1) is 7.11 Å². The molecule has 5 heteroatoms. The number of carbonyl (C=O) groups is 1. The van der Waals surface area contributed by atoms with Crippen molar-refractivity contribution in [3.8, 4) is 5.75 Å². The molecule has 2 amide bonds. The van der Waals surface area contributed by atoms with Crippen molar-refractivity contribution in [1.82, 2.24) is 15.1 Å². The molecular formula is C24H39N3O2. The van der Waals surface area contributed by atoms with Crippen molar-refractivity contribution in [2.75, 3.05) is 39.8 Å². The van der Waals surface area contributed by atoms with Crippen molar-refractivity contribution in [3.63, 3.8) is 0 Å². The van der Waals surface area contributed by atoms with Crippen LogP contribution in [-0.2, 0) is 12.8 Å². The topological polar surface area (TPSA) is 44.8 Å². The van der Waals surface area contributed by atoms with Gasteiger partial charge in [-0.15, -0.1) is 0 Å². The van der Waals surface area contributed by atoms with Crippen molar-refractivity contribution >= 4 is 6.03 Å². The van der Waals surface area contributed by atoms with E-state index in [0.717, 1.165) is 51.1 Å². The predicted octanol–water partition coefficient (Wildman–Crippen LogP) is 4.10. The second-order valence-corrected chi connectivity index (χ2v) is 8.69. The van der Waals surface area contributed by atoms with Gasteiger partial charge in [0, 0.05) is 32.2 Å². The molecule has 0 saturated carbocycles. The number of aryl methyl sites for hydroxylation is 1. The molecular weight excluding hydrogens is 362 g/mol. The Labute approximate surface area is 176 Å². The van der Waals surface area contributed by atoms with Gasteiger partial charge in [-0.05, 0) is 80.7 Å². The number of nitrogens with zero attached hydrogens (tertiary/aromatic N) is 2. The fourth-order valence-electron chi connectivity index (χ4n) is 4.86. The summed E-state index contributed by atoms with van der Waals surface area (Å²) in [6.07, 6.45) is 7.97. The van der Waals surface area contributed by atoms with E-state index < -0.39 is 0 Å². The summed E-state index contributed by atoms with van der Waals surface area (Å²) < 4.78 is 5.45. The van der Waals surface area contributed by atoms with E-state index >= 15 is 0 Å². The van der Waals surface area contributed by atoms with Crippen LogP contribution in [0.15, 0.2) is 18.2 Å². The maximum Gasteiger partial charge on any atom is 0.317 e. The van der Waals surface area contributed by atoms with Crippen molar-refractivity contribution in [3.05, 3.63) is 29.3 Å². The lowest BCUT2D eigenvalue weighted by atomic mass is 9.86. The second kappa shape index (κ2) is 10.9. The molecule has 1 fully saturated rings. The van der Waals surface area contributed by atoms with Gasteiger partial charge in [-0.25, -0.2) is 4.79 Å². The molecule has 1 aliphatic carbocycles. The zero-order valence-electron chi connectivity index (χ0n) is 18.6. The van der Waals surface area contributed by atoms with E-state index in [9.17, 15) is 4.79 Å². The van der Waals surface area contributed by atoms with Crippen molar-refractivity contribution in [2.45, 2.75) is 64.8 Å². The minimum absolute atomic E-state index is 0.119. The summed E-state index contributed by atoms with van der Waals surface area (Å²) in [5.74, 6) is 1.67. The van der Waals surface area contributed by atoms with Gasteiger partial charge < -0.3 is 15.0 Å². The fourth-order valence-corrected chi connectivity index (χ4v) is 4.86. The highest BCUT2D eigenvalue weighted by Crippen LogP contribution is 2.29. The Morgan fingerprint density at radius 3 is 2.66 bits per heavy atom. The number of ether oxygens (including phenoxy) is 1. The van der Waals surface area contributed by atoms with Crippen LogP contribution in [0.2, 0.25) is 0 Å². The maximum absolute atomic E-state index is 12.2. The highest BCUT2D eigenvalue weighted by atomic mass is 16.5. The first-order valence-corrected chi connectivity index (χ1v) is 11.6. The van der Waals surface area contributed by atoms with E-state index in [2.05, 4.69) is 42.3 Å². The summed E-state index contributed by atoms with van der Waals surface area (Å²) in [5.41, 5.74) is 2.95. The number of benzene rings is 1. The highest BCUT2D eigenvalue weighted by Gasteiger charge is 2.28. The molecule has 29 heavy (non-hydrogen) atoms. The number of amides is 2. The lowest BCUT2D eigenvalue weighted by Gasteiger charge is -2.39. The van der Waals surface area contributed by atoms with E-state index in [1.54, 1.807) is 7.11 Å². The highest BCUT2D eigenvalue weighted by molar-refractivity contribution is 5.74. The van der Waals surface area contributed by atoms with Gasteiger partial charge >= 0.3 is 6.03 Å². The van der Waals surface area contributed by atoms with Crippen LogP contribution in [0.4, 0.5) is 4.79 Å². The van der Waals surface area contributed by atoms with E-state index in [1.165, 1.54) is 43.5 Å². The average Bonchev–Trinajstić information content (AvgIpc) is 2.76. The molecule has 1 unspecified atom stereocenters. The van der Waals surface area contributed by atoms with Crippen LogP contribution in [0, 0.1) is 5.92 Å². The Hall–Kier alpha value is -1.75. The van der Waals surface area contributed by atoms with Crippen LogP contribution in [0.3, 0.4) is 0 Å². The van der Waals surface area contributed by atoms with Crippen molar-refractivity contribution in [1.29, 1.82) is 0 Å². The Balaban J connectivity index is 1.55. The minimum atomic E-state index is 0.119. The second-order valence-electron chi connectivity index (χ2n) is 8.69. The van der Waals surface area contributed by atoms with Gasteiger partial charge in [0.1, 0.15) is 5.75 Å². The SMILES string of the molecule is CCCNC(=O)N1CCC(CN(CCC)C2CCc3ccc(OC)cc3C2)CC1. The van der Waals surface area contributed by atoms with Crippen molar-refractivity contribution < 1.29 is 9.53 Å². The summed E-state index contributed by atoms with van der Waals surface area (Å²) in [5, 5.41) is 3.01. The third-order valence-corrected chi connectivity index (χ3v) is 6.56. The van der Waals surface area contributed by atoms with E-state index in [0.29, 0.717) is 12.0 Å². The first kappa shape index (κ1) is 21.9. The lowest BCUT2D eigenvalue weighted by Crippen LogP contribution is -2.48. The Morgan fingerprint density at radius 2 is 1.97 bits per heavy atom. The fraction of sp³-hybridized carbons (Fsp3) is 0.708. The Kier molecular flexibility index (Phi) is 8.22. The molecule has 1 aromatic carbocycles.